The Bertz CT molecular complexity index is 637. The summed E-state index contributed by atoms with van der Waals surface area (Å²) in [6.45, 7) is 9.24. The van der Waals surface area contributed by atoms with Gasteiger partial charge in [-0.25, -0.2) is 0 Å². The third-order valence-electron chi connectivity index (χ3n) is 5.08. The van der Waals surface area contributed by atoms with E-state index in [4.69, 9.17) is 9.31 Å². The van der Waals surface area contributed by atoms with Crippen molar-refractivity contribution in [3.8, 4) is 0 Å². The van der Waals surface area contributed by atoms with Crippen molar-refractivity contribution in [2.45, 2.75) is 64.7 Å². The fourth-order valence-electron chi connectivity index (χ4n) is 2.78. The van der Waals surface area contributed by atoms with Gasteiger partial charge in [-0.2, -0.15) is 0 Å². The number of aryl methyl sites for hydroxylation is 2. The lowest BCUT2D eigenvalue weighted by Crippen LogP contribution is -2.41. The van der Waals surface area contributed by atoms with Crippen molar-refractivity contribution in [3.63, 3.8) is 0 Å². The van der Waals surface area contributed by atoms with Crippen LogP contribution in [0, 0.1) is 0 Å². The first-order valence-corrected chi connectivity index (χ1v) is 8.66. The van der Waals surface area contributed by atoms with Gasteiger partial charge in [0.05, 0.1) is 17.4 Å². The van der Waals surface area contributed by atoms with Crippen molar-refractivity contribution in [2.24, 2.45) is 0 Å². The van der Waals surface area contributed by atoms with Gasteiger partial charge in [-0.05, 0) is 58.0 Å². The molecular formula is C18H26BN3O2. The Morgan fingerprint density at radius 3 is 2.25 bits per heavy atom. The van der Waals surface area contributed by atoms with E-state index in [9.17, 15) is 0 Å². The van der Waals surface area contributed by atoms with E-state index in [2.05, 4.69) is 62.3 Å². The first-order chi connectivity index (χ1) is 11.4. The molecule has 0 spiro atoms. The van der Waals surface area contributed by atoms with E-state index in [-0.39, 0.29) is 18.3 Å². The van der Waals surface area contributed by atoms with Gasteiger partial charge in [-0.15, -0.1) is 5.10 Å². The zero-order chi connectivity index (χ0) is 17.2. The van der Waals surface area contributed by atoms with Crippen LogP contribution in [0.3, 0.4) is 0 Å². The van der Waals surface area contributed by atoms with Crippen LogP contribution in [0.25, 0.3) is 0 Å². The van der Waals surface area contributed by atoms with Crippen LogP contribution in [0.4, 0.5) is 0 Å². The Labute approximate surface area is 144 Å². The second-order valence-electron chi connectivity index (χ2n) is 7.45. The van der Waals surface area contributed by atoms with Crippen LogP contribution >= 0.6 is 0 Å². The minimum atomic E-state index is -0.294. The highest BCUT2D eigenvalue weighted by atomic mass is 16.7. The van der Waals surface area contributed by atoms with Gasteiger partial charge < -0.3 is 9.31 Å². The van der Waals surface area contributed by atoms with E-state index in [1.165, 1.54) is 5.56 Å². The third-order valence-corrected chi connectivity index (χ3v) is 5.08. The molecule has 0 aliphatic carbocycles. The van der Waals surface area contributed by atoms with Gasteiger partial charge in [0.1, 0.15) is 0 Å². The zero-order valence-corrected chi connectivity index (χ0v) is 15.0. The number of nitrogens with zero attached hydrogens (tertiary/aromatic N) is 3. The zero-order valence-electron chi connectivity index (χ0n) is 15.0. The summed E-state index contributed by atoms with van der Waals surface area (Å²) >= 11 is 0. The van der Waals surface area contributed by atoms with Crippen molar-refractivity contribution in [2.75, 3.05) is 0 Å². The van der Waals surface area contributed by atoms with Crippen LogP contribution < -0.4 is 5.46 Å². The Balaban J connectivity index is 1.51. The van der Waals surface area contributed by atoms with E-state index < -0.39 is 0 Å². The molecule has 0 unspecified atom stereocenters. The lowest BCUT2D eigenvalue weighted by Gasteiger charge is -2.32. The standard InChI is InChI=1S/C18H26BN3O2/c1-17(2)18(3,4)24-19(23-17)16-10-8-15(9-11-16)7-5-6-13-22-14-12-20-21-22/h8-12,14H,5-7,13H2,1-4H3. The molecule has 1 aliphatic heterocycles. The summed E-state index contributed by atoms with van der Waals surface area (Å²) in [6.07, 6.45) is 6.92. The molecule has 1 aromatic carbocycles. The molecule has 1 aliphatic rings. The van der Waals surface area contributed by atoms with Gasteiger partial charge in [0.2, 0.25) is 0 Å². The molecule has 2 heterocycles. The number of aromatic nitrogens is 3. The molecule has 0 amide bonds. The normalized spacial score (nSPS) is 18.9. The fourth-order valence-corrected chi connectivity index (χ4v) is 2.78. The summed E-state index contributed by atoms with van der Waals surface area (Å²) in [5.74, 6) is 0. The number of benzene rings is 1. The lowest BCUT2D eigenvalue weighted by atomic mass is 9.78. The molecule has 1 fully saturated rings. The summed E-state index contributed by atoms with van der Waals surface area (Å²) < 4.78 is 14.1. The second-order valence-corrected chi connectivity index (χ2v) is 7.45. The molecule has 1 saturated heterocycles. The highest BCUT2D eigenvalue weighted by molar-refractivity contribution is 6.62. The molecule has 6 heteroatoms. The minimum absolute atomic E-state index is 0.281. The van der Waals surface area contributed by atoms with Crippen LogP contribution in [0.1, 0.15) is 46.1 Å². The molecule has 24 heavy (non-hydrogen) atoms. The second kappa shape index (κ2) is 6.69. The maximum absolute atomic E-state index is 6.09. The number of hydrogen-bond donors (Lipinski definition) is 0. The largest absolute Gasteiger partial charge is 0.494 e. The van der Waals surface area contributed by atoms with Crippen molar-refractivity contribution < 1.29 is 9.31 Å². The van der Waals surface area contributed by atoms with Crippen molar-refractivity contribution in [3.05, 3.63) is 42.2 Å². The molecule has 2 aromatic rings. The first kappa shape index (κ1) is 17.2. The Morgan fingerprint density at radius 1 is 1.00 bits per heavy atom. The summed E-state index contributed by atoms with van der Waals surface area (Å²) in [5.41, 5.74) is 1.84. The molecular weight excluding hydrogens is 301 g/mol. The van der Waals surface area contributed by atoms with E-state index in [0.717, 1.165) is 31.3 Å². The Kier molecular flexibility index (Phi) is 4.79. The van der Waals surface area contributed by atoms with Gasteiger partial charge in [-0.3, -0.25) is 4.68 Å². The smallest absolute Gasteiger partial charge is 0.399 e. The van der Waals surface area contributed by atoms with Gasteiger partial charge in [0.25, 0.3) is 0 Å². The number of unbranched alkanes of at least 4 members (excludes halogenated alkanes) is 1. The van der Waals surface area contributed by atoms with Crippen LogP contribution in [-0.4, -0.2) is 33.3 Å². The SMILES string of the molecule is CC1(C)OB(c2ccc(CCCCn3ccnn3)cc2)OC1(C)C. The monoisotopic (exact) mass is 327 g/mol. The molecule has 0 atom stereocenters. The predicted octanol–water partition coefficient (Wildman–Crippen LogP) is 2.60. The maximum Gasteiger partial charge on any atom is 0.494 e. The third kappa shape index (κ3) is 3.70. The van der Waals surface area contributed by atoms with Crippen molar-refractivity contribution in [1.82, 2.24) is 15.0 Å². The average molecular weight is 327 g/mol. The van der Waals surface area contributed by atoms with Crippen molar-refractivity contribution in [1.29, 1.82) is 0 Å². The first-order valence-electron chi connectivity index (χ1n) is 8.66. The maximum atomic E-state index is 6.09. The van der Waals surface area contributed by atoms with Gasteiger partial charge in [-0.1, -0.05) is 29.5 Å². The fraction of sp³-hybridized carbons (Fsp3) is 0.556. The quantitative estimate of drug-likeness (QED) is 0.604. The Hall–Kier alpha value is -1.66. The van der Waals surface area contributed by atoms with Crippen LogP contribution in [0.5, 0.6) is 0 Å². The Morgan fingerprint density at radius 2 is 1.67 bits per heavy atom. The summed E-state index contributed by atoms with van der Waals surface area (Å²) in [6, 6.07) is 8.59. The van der Waals surface area contributed by atoms with Crippen LogP contribution in [0.2, 0.25) is 0 Å². The lowest BCUT2D eigenvalue weighted by molar-refractivity contribution is 0.00578. The van der Waals surface area contributed by atoms with E-state index >= 15 is 0 Å². The van der Waals surface area contributed by atoms with Gasteiger partial charge in [0.15, 0.2) is 0 Å². The van der Waals surface area contributed by atoms with Gasteiger partial charge in [0, 0.05) is 12.7 Å². The van der Waals surface area contributed by atoms with E-state index in [1.54, 1.807) is 6.20 Å². The van der Waals surface area contributed by atoms with Crippen molar-refractivity contribution >= 4 is 12.6 Å². The molecule has 0 N–H and O–H groups in total. The molecule has 3 rings (SSSR count). The number of rotatable bonds is 6. The molecule has 5 nitrogen and oxygen atoms in total. The summed E-state index contributed by atoms with van der Waals surface area (Å²) in [4.78, 5) is 0. The van der Waals surface area contributed by atoms with Gasteiger partial charge >= 0.3 is 7.12 Å². The predicted molar refractivity (Wildman–Crippen MR) is 95.1 cm³/mol. The highest BCUT2D eigenvalue weighted by Gasteiger charge is 2.51. The molecule has 0 saturated carbocycles. The summed E-state index contributed by atoms with van der Waals surface area (Å²) in [5, 5.41) is 7.79. The average Bonchev–Trinajstić information content (AvgIpc) is 3.11. The number of hydrogen-bond acceptors (Lipinski definition) is 4. The highest BCUT2D eigenvalue weighted by Crippen LogP contribution is 2.36. The minimum Gasteiger partial charge on any atom is -0.399 e. The van der Waals surface area contributed by atoms with E-state index in [1.807, 2.05) is 10.9 Å². The van der Waals surface area contributed by atoms with Crippen LogP contribution in [-0.2, 0) is 22.3 Å². The molecule has 0 bridgehead atoms. The molecule has 128 valence electrons. The molecule has 0 radical (unpaired) electrons. The molecule has 1 aromatic heterocycles. The van der Waals surface area contributed by atoms with E-state index in [0.29, 0.717) is 0 Å². The summed E-state index contributed by atoms with van der Waals surface area (Å²) in [7, 11) is -0.281. The topological polar surface area (TPSA) is 49.2 Å². The van der Waals surface area contributed by atoms with Crippen LogP contribution in [0.15, 0.2) is 36.7 Å².